The van der Waals surface area contributed by atoms with Crippen molar-refractivity contribution in [1.82, 2.24) is 5.32 Å². The number of aliphatic hydroxyl groups is 1. The molecule has 19 heavy (non-hydrogen) atoms. The average molecular weight is 289 g/mol. The number of carbonyl (C=O) groups excluding carboxylic acids is 1. The summed E-state index contributed by atoms with van der Waals surface area (Å²) in [5.74, 6) is 0.776. The number of carbonyl (C=O) groups is 1. The van der Waals surface area contributed by atoms with Crippen molar-refractivity contribution in [3.05, 3.63) is 0 Å². The summed E-state index contributed by atoms with van der Waals surface area (Å²) in [6.45, 7) is 5.77. The van der Waals surface area contributed by atoms with Crippen LogP contribution in [0.25, 0.3) is 0 Å². The Bertz CT molecular complexity index is 294. The molecule has 5 heteroatoms. The lowest BCUT2D eigenvalue weighted by atomic mass is 9.96. The Morgan fingerprint density at radius 1 is 1.53 bits per heavy atom. The third-order valence-corrected chi connectivity index (χ3v) is 5.06. The third kappa shape index (κ3) is 5.71. The Balaban J connectivity index is 2.34. The first-order valence-electron chi connectivity index (χ1n) is 7.05. The van der Waals surface area contributed by atoms with Gasteiger partial charge in [-0.05, 0) is 45.3 Å². The molecule has 4 nitrogen and oxygen atoms in total. The lowest BCUT2D eigenvalue weighted by Gasteiger charge is -2.28. The number of ether oxygens (including phenoxy) is 1. The van der Waals surface area contributed by atoms with Crippen molar-refractivity contribution >= 4 is 17.7 Å². The zero-order chi connectivity index (χ0) is 14.5. The van der Waals surface area contributed by atoms with Gasteiger partial charge >= 0.3 is 5.97 Å². The second-order valence-electron chi connectivity index (χ2n) is 5.66. The molecule has 0 aliphatic heterocycles. The van der Waals surface area contributed by atoms with Crippen LogP contribution in [0.2, 0.25) is 0 Å². The number of hydrogen-bond donors (Lipinski definition) is 2. The quantitative estimate of drug-likeness (QED) is 0.502. The molecule has 0 aromatic heterocycles. The zero-order valence-electron chi connectivity index (χ0n) is 12.4. The van der Waals surface area contributed by atoms with Gasteiger partial charge in [-0.3, -0.25) is 10.1 Å². The van der Waals surface area contributed by atoms with E-state index < -0.39 is 5.54 Å². The Kier molecular flexibility index (Phi) is 6.63. The molecule has 1 saturated carbocycles. The van der Waals surface area contributed by atoms with E-state index >= 15 is 0 Å². The van der Waals surface area contributed by atoms with E-state index in [1.54, 1.807) is 11.8 Å². The molecule has 0 spiro atoms. The van der Waals surface area contributed by atoms with Crippen molar-refractivity contribution in [3.8, 4) is 0 Å². The summed E-state index contributed by atoms with van der Waals surface area (Å²) in [6.07, 6.45) is 3.73. The lowest BCUT2D eigenvalue weighted by Crippen LogP contribution is -2.51. The molecule has 3 unspecified atom stereocenters. The fourth-order valence-electron chi connectivity index (χ4n) is 1.97. The van der Waals surface area contributed by atoms with Gasteiger partial charge in [0.1, 0.15) is 5.54 Å². The van der Waals surface area contributed by atoms with E-state index in [1.807, 2.05) is 20.8 Å². The van der Waals surface area contributed by atoms with Crippen molar-refractivity contribution < 1.29 is 14.6 Å². The van der Waals surface area contributed by atoms with Crippen LogP contribution in [-0.4, -0.2) is 46.9 Å². The molecule has 2 N–H and O–H groups in total. The molecule has 0 aromatic rings. The average Bonchev–Trinajstić information content (AvgIpc) is 3.16. The van der Waals surface area contributed by atoms with E-state index in [0.29, 0.717) is 6.04 Å². The van der Waals surface area contributed by atoms with E-state index in [1.165, 1.54) is 7.11 Å². The minimum Gasteiger partial charge on any atom is -0.468 e. The SMILES string of the molecule is COC(=O)C(C)(CCCSC(C)C(C)O)NC1CC1. The molecule has 0 aromatic carbocycles. The highest BCUT2D eigenvalue weighted by Gasteiger charge is 2.38. The van der Waals surface area contributed by atoms with Crippen LogP contribution in [0.1, 0.15) is 46.5 Å². The Morgan fingerprint density at radius 2 is 2.16 bits per heavy atom. The second kappa shape index (κ2) is 7.50. The van der Waals surface area contributed by atoms with Crippen molar-refractivity contribution in [1.29, 1.82) is 0 Å². The van der Waals surface area contributed by atoms with Crippen LogP contribution in [0, 0.1) is 0 Å². The Hall–Kier alpha value is -0.260. The smallest absolute Gasteiger partial charge is 0.325 e. The van der Waals surface area contributed by atoms with Crippen LogP contribution in [0.3, 0.4) is 0 Å². The Labute approximate surface area is 120 Å². The minimum atomic E-state index is -0.565. The Morgan fingerprint density at radius 3 is 2.63 bits per heavy atom. The van der Waals surface area contributed by atoms with Crippen molar-refractivity contribution in [2.24, 2.45) is 0 Å². The van der Waals surface area contributed by atoms with Crippen LogP contribution in [0.4, 0.5) is 0 Å². The molecule has 1 aliphatic carbocycles. The van der Waals surface area contributed by atoms with Gasteiger partial charge in [0, 0.05) is 11.3 Å². The standard InChI is InChI=1S/C14H27NO3S/c1-10(16)11(2)19-9-5-8-14(3,13(17)18-4)15-12-6-7-12/h10-12,15-16H,5-9H2,1-4H3. The second-order valence-corrected chi connectivity index (χ2v) is 7.15. The van der Waals surface area contributed by atoms with E-state index in [0.717, 1.165) is 31.4 Å². The van der Waals surface area contributed by atoms with E-state index in [9.17, 15) is 9.90 Å². The first-order valence-corrected chi connectivity index (χ1v) is 8.09. The molecule has 1 fully saturated rings. The molecule has 0 radical (unpaired) electrons. The number of methoxy groups -OCH3 is 1. The number of esters is 1. The predicted molar refractivity (Wildman–Crippen MR) is 79.4 cm³/mol. The molecular weight excluding hydrogens is 262 g/mol. The topological polar surface area (TPSA) is 58.6 Å². The highest BCUT2D eigenvalue weighted by molar-refractivity contribution is 7.99. The summed E-state index contributed by atoms with van der Waals surface area (Å²) < 4.78 is 4.91. The van der Waals surface area contributed by atoms with Gasteiger partial charge in [-0.25, -0.2) is 0 Å². The van der Waals surface area contributed by atoms with Crippen LogP contribution in [0.15, 0.2) is 0 Å². The van der Waals surface area contributed by atoms with Crippen LogP contribution >= 0.6 is 11.8 Å². The molecular formula is C14H27NO3S. The van der Waals surface area contributed by atoms with Gasteiger partial charge in [-0.15, -0.1) is 0 Å². The maximum absolute atomic E-state index is 11.9. The zero-order valence-corrected chi connectivity index (χ0v) is 13.3. The van der Waals surface area contributed by atoms with Gasteiger partial charge in [0.15, 0.2) is 0 Å². The van der Waals surface area contributed by atoms with Crippen molar-refractivity contribution in [2.75, 3.05) is 12.9 Å². The van der Waals surface area contributed by atoms with Crippen molar-refractivity contribution in [3.63, 3.8) is 0 Å². The lowest BCUT2D eigenvalue weighted by molar-refractivity contribution is -0.148. The number of nitrogens with one attached hydrogen (secondary N) is 1. The number of rotatable bonds is 9. The monoisotopic (exact) mass is 289 g/mol. The molecule has 112 valence electrons. The highest BCUT2D eigenvalue weighted by Crippen LogP contribution is 2.26. The molecule has 1 aliphatic rings. The van der Waals surface area contributed by atoms with E-state index in [-0.39, 0.29) is 17.3 Å². The first-order chi connectivity index (χ1) is 8.89. The molecule has 1 rings (SSSR count). The summed E-state index contributed by atoms with van der Waals surface area (Å²) in [5.41, 5.74) is -0.565. The van der Waals surface area contributed by atoms with Crippen LogP contribution < -0.4 is 5.32 Å². The van der Waals surface area contributed by atoms with Crippen molar-refractivity contribution in [2.45, 2.75) is 69.4 Å². The van der Waals surface area contributed by atoms with Gasteiger partial charge in [-0.2, -0.15) is 11.8 Å². The summed E-state index contributed by atoms with van der Waals surface area (Å²) in [5, 5.41) is 13.1. The van der Waals surface area contributed by atoms with Gasteiger partial charge in [0.25, 0.3) is 0 Å². The normalized spacial score (nSPS) is 21.5. The number of aliphatic hydroxyl groups excluding tert-OH is 1. The number of hydrogen-bond acceptors (Lipinski definition) is 5. The van der Waals surface area contributed by atoms with Gasteiger partial charge in [-0.1, -0.05) is 6.92 Å². The maximum Gasteiger partial charge on any atom is 0.325 e. The molecule has 0 heterocycles. The van der Waals surface area contributed by atoms with Gasteiger partial charge in [0.2, 0.25) is 0 Å². The maximum atomic E-state index is 11.9. The highest BCUT2D eigenvalue weighted by atomic mass is 32.2. The third-order valence-electron chi connectivity index (χ3n) is 3.62. The van der Waals surface area contributed by atoms with Gasteiger partial charge < -0.3 is 9.84 Å². The fourth-order valence-corrected chi connectivity index (χ4v) is 2.93. The van der Waals surface area contributed by atoms with Gasteiger partial charge in [0.05, 0.1) is 13.2 Å². The minimum absolute atomic E-state index is 0.173. The fraction of sp³-hybridized carbons (Fsp3) is 0.929. The largest absolute Gasteiger partial charge is 0.468 e. The summed E-state index contributed by atoms with van der Waals surface area (Å²) in [4.78, 5) is 11.9. The predicted octanol–water partition coefficient (Wildman–Crippen LogP) is 1.95. The summed E-state index contributed by atoms with van der Waals surface area (Å²) in [7, 11) is 1.44. The molecule has 0 amide bonds. The molecule has 0 saturated heterocycles. The summed E-state index contributed by atoms with van der Waals surface area (Å²) in [6, 6.07) is 0.480. The molecule has 0 bridgehead atoms. The van der Waals surface area contributed by atoms with Crippen LogP contribution in [-0.2, 0) is 9.53 Å². The van der Waals surface area contributed by atoms with E-state index in [2.05, 4.69) is 5.32 Å². The number of thioether (sulfide) groups is 1. The molecule has 3 atom stereocenters. The van der Waals surface area contributed by atoms with Crippen LogP contribution in [0.5, 0.6) is 0 Å². The first kappa shape index (κ1) is 16.8. The summed E-state index contributed by atoms with van der Waals surface area (Å²) >= 11 is 1.75. The van der Waals surface area contributed by atoms with E-state index in [4.69, 9.17) is 4.74 Å².